The van der Waals surface area contributed by atoms with Crippen LogP contribution in [0.1, 0.15) is 50.0 Å². The molecule has 0 N–H and O–H groups in total. The van der Waals surface area contributed by atoms with Crippen LogP contribution in [0.2, 0.25) is 18.1 Å². The summed E-state index contributed by atoms with van der Waals surface area (Å²) in [6, 6.07) is 3.28. The number of hydrogen-bond acceptors (Lipinski definition) is 3. The average molecular weight is 338 g/mol. The van der Waals surface area contributed by atoms with Gasteiger partial charge in [-0.1, -0.05) is 26.8 Å². The van der Waals surface area contributed by atoms with Gasteiger partial charge in [-0.25, -0.2) is 4.39 Å². The second-order valence-corrected chi connectivity index (χ2v) is 12.5. The first kappa shape index (κ1) is 18.1. The Balaban J connectivity index is 2.21. The fourth-order valence-electron chi connectivity index (χ4n) is 2.63. The first-order valence-corrected chi connectivity index (χ1v) is 10.9. The van der Waals surface area contributed by atoms with Crippen LogP contribution in [0, 0.1) is 22.5 Å². The predicted octanol–water partition coefficient (Wildman–Crippen LogP) is 4.82. The molecule has 1 aromatic carbocycles. The first-order chi connectivity index (χ1) is 10.5. The Kier molecular flexibility index (Phi) is 4.96. The topological polar surface area (TPSA) is 52.4 Å². The van der Waals surface area contributed by atoms with Gasteiger partial charge < -0.3 is 4.43 Å². The van der Waals surface area contributed by atoms with Crippen molar-refractivity contribution in [3.63, 3.8) is 0 Å². The summed E-state index contributed by atoms with van der Waals surface area (Å²) in [6.45, 7) is 11.8. The lowest BCUT2D eigenvalue weighted by atomic mass is 10.0. The van der Waals surface area contributed by atoms with Crippen molar-refractivity contribution < 1.29 is 13.7 Å². The van der Waals surface area contributed by atoms with E-state index in [1.54, 1.807) is 6.07 Å². The van der Waals surface area contributed by atoms with Crippen LogP contribution >= 0.6 is 0 Å². The second kappa shape index (κ2) is 6.32. The molecule has 0 aliphatic heterocycles. The molecular formula is C17H25FNO3Si. The summed E-state index contributed by atoms with van der Waals surface area (Å²) in [5.41, 5.74) is 2.35. The lowest BCUT2D eigenvalue weighted by Crippen LogP contribution is -2.41. The number of fused-ring (bicyclic) bond motifs is 1. The number of hydrogen-bond donors (Lipinski definition) is 0. The van der Waals surface area contributed by atoms with Crippen molar-refractivity contribution in [1.29, 1.82) is 0 Å². The van der Waals surface area contributed by atoms with Crippen molar-refractivity contribution in [2.24, 2.45) is 0 Å². The van der Waals surface area contributed by atoms with Gasteiger partial charge >= 0.3 is 0 Å². The van der Waals surface area contributed by atoms with Gasteiger partial charge in [0.05, 0.1) is 12.5 Å². The van der Waals surface area contributed by atoms with E-state index in [0.717, 1.165) is 30.5 Å². The fraction of sp³-hybridized carbons (Fsp3) is 0.588. The molecule has 23 heavy (non-hydrogen) atoms. The third-order valence-electron chi connectivity index (χ3n) is 5.03. The first-order valence-electron chi connectivity index (χ1n) is 7.97. The van der Waals surface area contributed by atoms with Crippen molar-refractivity contribution in [2.45, 2.75) is 64.3 Å². The third kappa shape index (κ3) is 3.98. The molecule has 0 saturated heterocycles. The molecule has 1 aliphatic rings. The molecule has 1 aromatic rings. The Morgan fingerprint density at radius 3 is 2.65 bits per heavy atom. The maximum atomic E-state index is 14.2. The van der Waals surface area contributed by atoms with Gasteiger partial charge in [-0.15, -0.1) is 0 Å². The molecule has 1 radical (unpaired) electrons. The van der Waals surface area contributed by atoms with Gasteiger partial charge in [-0.05, 0) is 53.7 Å². The number of rotatable bonds is 5. The molecule has 0 spiro atoms. The molecule has 6 heteroatoms. The number of benzene rings is 1. The highest BCUT2D eigenvalue weighted by molar-refractivity contribution is 6.74. The quantitative estimate of drug-likeness (QED) is 0.439. The Bertz CT molecular complexity index is 611. The maximum absolute atomic E-state index is 14.2. The minimum atomic E-state index is -1.92. The molecule has 1 atom stereocenters. The lowest BCUT2D eigenvalue weighted by Gasteiger charge is -2.38. The van der Waals surface area contributed by atoms with Gasteiger partial charge in [0.2, 0.25) is 0 Å². The summed E-state index contributed by atoms with van der Waals surface area (Å²) in [5.74, 6) is -0.382. The van der Waals surface area contributed by atoms with Crippen molar-refractivity contribution in [1.82, 2.24) is 0 Å². The highest BCUT2D eigenvalue weighted by Gasteiger charge is 2.40. The molecule has 0 amide bonds. The van der Waals surface area contributed by atoms with Crippen molar-refractivity contribution in [3.8, 4) is 0 Å². The van der Waals surface area contributed by atoms with Crippen molar-refractivity contribution in [3.05, 3.63) is 51.3 Å². The van der Waals surface area contributed by atoms with E-state index >= 15 is 0 Å². The zero-order valence-corrected chi connectivity index (χ0v) is 15.5. The van der Waals surface area contributed by atoms with E-state index in [0.29, 0.717) is 5.56 Å². The average Bonchev–Trinajstić information content (AvgIpc) is 2.76. The maximum Gasteiger partial charge on any atom is 0.283 e. The summed E-state index contributed by atoms with van der Waals surface area (Å²) in [6.07, 6.45) is 1.64. The molecule has 2 rings (SSSR count). The molecule has 1 aliphatic carbocycles. The van der Waals surface area contributed by atoms with Gasteiger partial charge in [-0.3, -0.25) is 10.1 Å². The van der Waals surface area contributed by atoms with Gasteiger partial charge in [0.25, 0.3) is 6.54 Å². The third-order valence-corrected chi connectivity index (χ3v) is 9.52. The van der Waals surface area contributed by atoms with Gasteiger partial charge in [0.15, 0.2) is 8.32 Å². The molecule has 0 bridgehead atoms. The molecule has 0 aromatic heterocycles. The fourth-order valence-corrected chi connectivity index (χ4v) is 3.94. The van der Waals surface area contributed by atoms with E-state index in [1.165, 1.54) is 6.07 Å². The number of halogens is 1. The standard InChI is InChI=1S/C17H25FNO3Si/c1-17(2,3)23(4,5)22-16-7-6-12-10-13(8-9-19(20)21)15(18)11-14(12)16/h9-11,16H,6-8H2,1-5H3. The zero-order valence-electron chi connectivity index (χ0n) is 14.5. The van der Waals surface area contributed by atoms with Crippen LogP contribution in [0.15, 0.2) is 12.1 Å². The SMILES string of the molecule is CC(C)(C)[Si](C)(C)OC1CCc2cc(C[CH][N+](=O)[O-])c(F)cc21. The van der Waals surface area contributed by atoms with Crippen LogP contribution in [0.25, 0.3) is 0 Å². The smallest absolute Gasteiger partial charge is 0.283 e. The van der Waals surface area contributed by atoms with Crippen LogP contribution in [0.4, 0.5) is 4.39 Å². The molecule has 0 heterocycles. The summed E-state index contributed by atoms with van der Waals surface area (Å²) < 4.78 is 20.7. The second-order valence-electron chi connectivity index (χ2n) is 7.72. The monoisotopic (exact) mass is 338 g/mol. The van der Waals surface area contributed by atoms with Gasteiger partial charge in [0, 0.05) is 4.92 Å². The normalized spacial score (nSPS) is 18.1. The van der Waals surface area contributed by atoms with Gasteiger partial charge in [0.1, 0.15) is 5.82 Å². The highest BCUT2D eigenvalue weighted by Crippen LogP contribution is 2.44. The van der Waals surface area contributed by atoms with E-state index in [1.807, 2.05) is 0 Å². The van der Waals surface area contributed by atoms with Crippen LogP contribution in [-0.4, -0.2) is 13.2 Å². The van der Waals surface area contributed by atoms with E-state index in [4.69, 9.17) is 4.43 Å². The minimum absolute atomic E-state index is 0.0138. The minimum Gasteiger partial charge on any atom is -0.410 e. The Labute approximate surface area is 138 Å². The summed E-state index contributed by atoms with van der Waals surface area (Å²) in [5, 5.41) is 10.5. The molecule has 0 saturated carbocycles. The summed E-state index contributed by atoms with van der Waals surface area (Å²) >= 11 is 0. The van der Waals surface area contributed by atoms with Crippen molar-refractivity contribution in [2.75, 3.05) is 0 Å². The summed E-state index contributed by atoms with van der Waals surface area (Å²) in [4.78, 5) is 9.90. The van der Waals surface area contributed by atoms with E-state index in [2.05, 4.69) is 33.9 Å². The molecular weight excluding hydrogens is 313 g/mol. The Morgan fingerprint density at radius 1 is 1.43 bits per heavy atom. The van der Waals surface area contributed by atoms with Crippen LogP contribution in [0.5, 0.6) is 0 Å². The van der Waals surface area contributed by atoms with Crippen LogP contribution in [-0.2, 0) is 17.3 Å². The van der Waals surface area contributed by atoms with E-state index < -0.39 is 13.2 Å². The molecule has 127 valence electrons. The Morgan fingerprint density at radius 2 is 2.09 bits per heavy atom. The Hall–Kier alpha value is -1.27. The van der Waals surface area contributed by atoms with Crippen LogP contribution < -0.4 is 0 Å². The van der Waals surface area contributed by atoms with Gasteiger partial charge in [-0.2, -0.15) is 0 Å². The molecule has 0 fully saturated rings. The van der Waals surface area contributed by atoms with E-state index in [-0.39, 0.29) is 23.4 Å². The van der Waals surface area contributed by atoms with Crippen molar-refractivity contribution >= 4 is 8.32 Å². The lowest BCUT2D eigenvalue weighted by molar-refractivity contribution is -0.436. The number of nitrogens with zero attached hydrogens (tertiary/aromatic N) is 1. The summed E-state index contributed by atoms with van der Waals surface area (Å²) in [7, 11) is -1.92. The van der Waals surface area contributed by atoms with E-state index in [9.17, 15) is 14.5 Å². The van der Waals surface area contributed by atoms with Crippen LogP contribution in [0.3, 0.4) is 0 Å². The molecule has 1 unspecified atom stereocenters. The number of nitro groups is 1. The predicted molar refractivity (Wildman–Crippen MR) is 90.7 cm³/mol. The molecule has 4 nitrogen and oxygen atoms in total. The largest absolute Gasteiger partial charge is 0.410 e. The zero-order chi connectivity index (χ0) is 17.4. The highest BCUT2D eigenvalue weighted by atomic mass is 28.4. The number of aryl methyl sites for hydroxylation is 1.